The standard InChI is InChI=1S/C14H30N2/c1-4-12(3)16(5-2)14(11-15)13-9-7-6-8-10-13/h12-14H,4-11,15H2,1-3H3. The van der Waals surface area contributed by atoms with Crippen molar-refractivity contribution in [2.45, 2.75) is 71.4 Å². The Morgan fingerprint density at radius 3 is 2.25 bits per heavy atom. The van der Waals surface area contributed by atoms with Crippen molar-refractivity contribution in [3.63, 3.8) is 0 Å². The van der Waals surface area contributed by atoms with Gasteiger partial charge in [-0.05, 0) is 38.6 Å². The van der Waals surface area contributed by atoms with Gasteiger partial charge in [0.25, 0.3) is 0 Å². The van der Waals surface area contributed by atoms with Gasteiger partial charge in [0.05, 0.1) is 0 Å². The highest BCUT2D eigenvalue weighted by atomic mass is 15.2. The molecule has 0 aromatic rings. The highest BCUT2D eigenvalue weighted by molar-refractivity contribution is 4.84. The first-order chi connectivity index (χ1) is 7.74. The lowest BCUT2D eigenvalue weighted by atomic mass is 9.82. The van der Waals surface area contributed by atoms with Crippen molar-refractivity contribution >= 4 is 0 Å². The second kappa shape index (κ2) is 7.29. The van der Waals surface area contributed by atoms with E-state index in [-0.39, 0.29) is 0 Å². The molecule has 0 heterocycles. The first-order valence-electron chi connectivity index (χ1n) is 7.20. The van der Waals surface area contributed by atoms with Crippen molar-refractivity contribution in [2.24, 2.45) is 11.7 Å². The van der Waals surface area contributed by atoms with E-state index >= 15 is 0 Å². The summed E-state index contributed by atoms with van der Waals surface area (Å²) in [5.74, 6) is 0.854. The van der Waals surface area contributed by atoms with Crippen LogP contribution in [0.3, 0.4) is 0 Å². The molecule has 0 amide bonds. The largest absolute Gasteiger partial charge is 0.329 e. The number of rotatable bonds is 6. The second-order valence-corrected chi connectivity index (χ2v) is 5.29. The number of nitrogens with two attached hydrogens (primary N) is 1. The molecule has 0 aromatic heterocycles. The molecular weight excluding hydrogens is 196 g/mol. The lowest BCUT2D eigenvalue weighted by Gasteiger charge is -2.41. The SMILES string of the molecule is CCC(C)N(CC)C(CN)C1CCCCC1. The van der Waals surface area contributed by atoms with E-state index in [0.29, 0.717) is 12.1 Å². The van der Waals surface area contributed by atoms with Crippen LogP contribution in [-0.4, -0.2) is 30.1 Å². The molecule has 0 bridgehead atoms. The van der Waals surface area contributed by atoms with Crippen LogP contribution in [0.5, 0.6) is 0 Å². The lowest BCUT2D eigenvalue weighted by Crippen LogP contribution is -2.49. The quantitative estimate of drug-likeness (QED) is 0.754. The van der Waals surface area contributed by atoms with E-state index in [1.54, 1.807) is 0 Å². The third-order valence-electron chi connectivity index (χ3n) is 4.38. The van der Waals surface area contributed by atoms with Crippen LogP contribution < -0.4 is 5.73 Å². The summed E-state index contributed by atoms with van der Waals surface area (Å²) in [6.45, 7) is 8.88. The molecule has 2 N–H and O–H groups in total. The maximum atomic E-state index is 6.03. The molecule has 2 nitrogen and oxygen atoms in total. The summed E-state index contributed by atoms with van der Waals surface area (Å²) in [5.41, 5.74) is 6.03. The summed E-state index contributed by atoms with van der Waals surface area (Å²) in [6, 6.07) is 1.31. The minimum Gasteiger partial charge on any atom is -0.329 e. The molecule has 1 aliphatic carbocycles. The Morgan fingerprint density at radius 2 is 1.81 bits per heavy atom. The Balaban J connectivity index is 2.61. The first-order valence-corrected chi connectivity index (χ1v) is 7.20. The van der Waals surface area contributed by atoms with Crippen molar-refractivity contribution in [3.8, 4) is 0 Å². The van der Waals surface area contributed by atoms with Gasteiger partial charge >= 0.3 is 0 Å². The van der Waals surface area contributed by atoms with E-state index in [1.165, 1.54) is 38.5 Å². The van der Waals surface area contributed by atoms with Gasteiger partial charge in [-0.25, -0.2) is 0 Å². The van der Waals surface area contributed by atoms with Gasteiger partial charge in [-0.3, -0.25) is 4.90 Å². The van der Waals surface area contributed by atoms with E-state index in [2.05, 4.69) is 25.7 Å². The minimum absolute atomic E-state index is 0.625. The second-order valence-electron chi connectivity index (χ2n) is 5.29. The molecule has 0 radical (unpaired) electrons. The lowest BCUT2D eigenvalue weighted by molar-refractivity contribution is 0.0893. The van der Waals surface area contributed by atoms with Gasteiger partial charge in [0, 0.05) is 18.6 Å². The Morgan fingerprint density at radius 1 is 1.19 bits per heavy atom. The zero-order valence-electron chi connectivity index (χ0n) is 11.4. The summed E-state index contributed by atoms with van der Waals surface area (Å²) in [5, 5.41) is 0. The summed E-state index contributed by atoms with van der Waals surface area (Å²) in [6.07, 6.45) is 8.29. The molecule has 0 saturated heterocycles. The Bertz CT molecular complexity index is 176. The Hall–Kier alpha value is -0.0800. The van der Waals surface area contributed by atoms with Crippen LogP contribution in [-0.2, 0) is 0 Å². The van der Waals surface area contributed by atoms with Gasteiger partial charge in [-0.1, -0.05) is 33.1 Å². The van der Waals surface area contributed by atoms with Crippen LogP contribution in [0.1, 0.15) is 59.3 Å². The fraction of sp³-hybridized carbons (Fsp3) is 1.00. The maximum Gasteiger partial charge on any atom is 0.0249 e. The van der Waals surface area contributed by atoms with Crippen molar-refractivity contribution in [1.82, 2.24) is 4.90 Å². The van der Waals surface area contributed by atoms with E-state index in [0.717, 1.165) is 19.0 Å². The molecule has 2 atom stereocenters. The molecule has 2 unspecified atom stereocenters. The molecule has 1 aliphatic rings. The van der Waals surface area contributed by atoms with E-state index in [1.807, 2.05) is 0 Å². The van der Waals surface area contributed by atoms with Gasteiger partial charge in [-0.2, -0.15) is 0 Å². The normalized spacial score (nSPS) is 22.3. The van der Waals surface area contributed by atoms with Crippen molar-refractivity contribution in [2.75, 3.05) is 13.1 Å². The zero-order valence-corrected chi connectivity index (χ0v) is 11.4. The monoisotopic (exact) mass is 226 g/mol. The summed E-state index contributed by atoms with van der Waals surface area (Å²) < 4.78 is 0. The Labute approximate surface area is 102 Å². The molecule has 0 spiro atoms. The Kier molecular flexibility index (Phi) is 6.37. The molecule has 1 saturated carbocycles. The van der Waals surface area contributed by atoms with Crippen molar-refractivity contribution in [1.29, 1.82) is 0 Å². The van der Waals surface area contributed by atoms with Crippen molar-refractivity contribution in [3.05, 3.63) is 0 Å². The van der Waals surface area contributed by atoms with Crippen LogP contribution in [0.4, 0.5) is 0 Å². The van der Waals surface area contributed by atoms with Gasteiger partial charge in [0.1, 0.15) is 0 Å². The van der Waals surface area contributed by atoms with Gasteiger partial charge in [0.15, 0.2) is 0 Å². The molecule has 16 heavy (non-hydrogen) atoms. The molecule has 1 fully saturated rings. The average molecular weight is 226 g/mol. The van der Waals surface area contributed by atoms with Crippen LogP contribution in [0, 0.1) is 5.92 Å². The molecule has 0 aliphatic heterocycles. The average Bonchev–Trinajstić information content (AvgIpc) is 2.36. The third-order valence-corrected chi connectivity index (χ3v) is 4.38. The van der Waals surface area contributed by atoms with E-state index < -0.39 is 0 Å². The maximum absolute atomic E-state index is 6.03. The third kappa shape index (κ3) is 3.46. The van der Waals surface area contributed by atoms with Crippen LogP contribution in [0.15, 0.2) is 0 Å². The number of nitrogens with zero attached hydrogens (tertiary/aromatic N) is 1. The first kappa shape index (κ1) is 14.0. The van der Waals surface area contributed by atoms with Gasteiger partial charge in [-0.15, -0.1) is 0 Å². The van der Waals surface area contributed by atoms with Crippen LogP contribution in [0.25, 0.3) is 0 Å². The van der Waals surface area contributed by atoms with Crippen molar-refractivity contribution < 1.29 is 0 Å². The van der Waals surface area contributed by atoms with E-state index in [4.69, 9.17) is 5.73 Å². The topological polar surface area (TPSA) is 29.3 Å². The predicted molar refractivity (Wildman–Crippen MR) is 71.6 cm³/mol. The fourth-order valence-corrected chi connectivity index (χ4v) is 3.23. The highest BCUT2D eigenvalue weighted by Crippen LogP contribution is 2.29. The molecule has 96 valence electrons. The number of likely N-dealkylation sites (N-methyl/N-ethyl adjacent to an activating group) is 1. The molecular formula is C14H30N2. The van der Waals surface area contributed by atoms with E-state index in [9.17, 15) is 0 Å². The minimum atomic E-state index is 0.625. The van der Waals surface area contributed by atoms with Gasteiger partial charge < -0.3 is 5.73 Å². The molecule has 2 heteroatoms. The zero-order chi connectivity index (χ0) is 12.0. The van der Waals surface area contributed by atoms with Gasteiger partial charge in [0.2, 0.25) is 0 Å². The molecule has 1 rings (SSSR count). The number of hydrogen-bond acceptors (Lipinski definition) is 2. The smallest absolute Gasteiger partial charge is 0.0249 e. The van der Waals surface area contributed by atoms with Crippen LogP contribution in [0.2, 0.25) is 0 Å². The fourth-order valence-electron chi connectivity index (χ4n) is 3.23. The summed E-state index contributed by atoms with van der Waals surface area (Å²) >= 11 is 0. The van der Waals surface area contributed by atoms with Crippen LogP contribution >= 0.6 is 0 Å². The summed E-state index contributed by atoms with van der Waals surface area (Å²) in [7, 11) is 0. The predicted octanol–water partition coefficient (Wildman–Crippen LogP) is 3.01. The number of hydrogen-bond donors (Lipinski definition) is 1. The highest BCUT2D eigenvalue weighted by Gasteiger charge is 2.28. The molecule has 0 aromatic carbocycles. The summed E-state index contributed by atoms with van der Waals surface area (Å²) in [4.78, 5) is 2.63.